The molecule has 0 bridgehead atoms. The summed E-state index contributed by atoms with van der Waals surface area (Å²) in [4.78, 5) is 17.0. The van der Waals surface area contributed by atoms with Gasteiger partial charge in [0.25, 0.3) is 5.56 Å². The highest BCUT2D eigenvalue weighted by atomic mass is 19.4. The molecule has 2 aromatic heterocycles. The van der Waals surface area contributed by atoms with Gasteiger partial charge < -0.3 is 4.74 Å². The summed E-state index contributed by atoms with van der Waals surface area (Å²) >= 11 is 0. The first-order valence-electron chi connectivity index (χ1n) is 9.13. The maximum atomic E-state index is 13.0. The van der Waals surface area contributed by atoms with Gasteiger partial charge in [-0.25, -0.2) is 9.67 Å². The predicted molar refractivity (Wildman–Crippen MR) is 105 cm³/mol. The average Bonchev–Trinajstić information content (AvgIpc) is 3.15. The Hall–Kier alpha value is -3.62. The molecule has 0 N–H and O–H groups in total. The number of hydrogen-bond donors (Lipinski definition) is 0. The van der Waals surface area contributed by atoms with Crippen molar-refractivity contribution in [2.75, 3.05) is 6.61 Å². The van der Waals surface area contributed by atoms with Crippen molar-refractivity contribution in [3.63, 3.8) is 0 Å². The molecule has 0 aliphatic carbocycles. The Morgan fingerprint density at radius 3 is 2.60 bits per heavy atom. The molecule has 0 spiro atoms. The van der Waals surface area contributed by atoms with Crippen molar-refractivity contribution in [2.24, 2.45) is 0 Å². The van der Waals surface area contributed by atoms with E-state index in [-0.39, 0.29) is 35.4 Å². The second-order valence-electron chi connectivity index (χ2n) is 6.75. The smallest absolute Gasteiger partial charge is 0.416 e. The minimum atomic E-state index is -4.48. The van der Waals surface area contributed by atoms with Gasteiger partial charge in [-0.1, -0.05) is 23.8 Å². The standard InChI is InChI=1S/C21H17F3N4O2/c1-14-5-7-17(8-6-14)30-10-9-27-13-25-19-18(20(27)29)12-26-28(19)16-4-2-3-15(11-16)21(22,23)24/h2-8,11-13H,9-10H2,1H3. The fourth-order valence-corrected chi connectivity index (χ4v) is 3.01. The zero-order chi connectivity index (χ0) is 21.3. The molecule has 0 radical (unpaired) electrons. The Morgan fingerprint density at radius 1 is 1.10 bits per heavy atom. The zero-order valence-corrected chi connectivity index (χ0v) is 15.9. The van der Waals surface area contributed by atoms with Gasteiger partial charge in [0.05, 0.1) is 24.0 Å². The third kappa shape index (κ3) is 3.91. The molecule has 0 fully saturated rings. The summed E-state index contributed by atoms with van der Waals surface area (Å²) in [5.41, 5.74) is 0.337. The highest BCUT2D eigenvalue weighted by Gasteiger charge is 2.30. The molecule has 2 aromatic carbocycles. The minimum absolute atomic E-state index is 0.173. The van der Waals surface area contributed by atoms with Crippen LogP contribution < -0.4 is 10.3 Å². The van der Waals surface area contributed by atoms with E-state index < -0.39 is 11.7 Å². The predicted octanol–water partition coefficient (Wildman–Crippen LogP) is 3.99. The van der Waals surface area contributed by atoms with Gasteiger partial charge >= 0.3 is 6.18 Å². The fraction of sp³-hybridized carbons (Fsp3) is 0.190. The van der Waals surface area contributed by atoms with Crippen molar-refractivity contribution < 1.29 is 17.9 Å². The second kappa shape index (κ2) is 7.66. The van der Waals surface area contributed by atoms with Crippen molar-refractivity contribution in [1.29, 1.82) is 0 Å². The Morgan fingerprint density at radius 2 is 1.87 bits per heavy atom. The number of fused-ring (bicyclic) bond motifs is 1. The van der Waals surface area contributed by atoms with Crippen LogP contribution in [0.3, 0.4) is 0 Å². The molecule has 30 heavy (non-hydrogen) atoms. The lowest BCUT2D eigenvalue weighted by Crippen LogP contribution is -2.23. The van der Waals surface area contributed by atoms with E-state index in [9.17, 15) is 18.0 Å². The van der Waals surface area contributed by atoms with E-state index in [1.165, 1.54) is 33.9 Å². The number of rotatable bonds is 5. The van der Waals surface area contributed by atoms with Crippen molar-refractivity contribution in [2.45, 2.75) is 19.6 Å². The molecule has 0 saturated carbocycles. The van der Waals surface area contributed by atoms with Crippen molar-refractivity contribution in [1.82, 2.24) is 19.3 Å². The maximum absolute atomic E-state index is 13.0. The van der Waals surface area contributed by atoms with E-state index in [4.69, 9.17) is 4.74 Å². The van der Waals surface area contributed by atoms with Gasteiger partial charge in [0.1, 0.15) is 24.1 Å². The van der Waals surface area contributed by atoms with Gasteiger partial charge in [0, 0.05) is 0 Å². The number of ether oxygens (including phenoxy) is 1. The SMILES string of the molecule is Cc1ccc(OCCn2cnc3c(cnn3-c3cccc(C(F)(F)F)c3)c2=O)cc1. The molecule has 0 aliphatic heterocycles. The van der Waals surface area contributed by atoms with E-state index in [0.29, 0.717) is 5.75 Å². The van der Waals surface area contributed by atoms with Crippen LogP contribution in [0.25, 0.3) is 16.7 Å². The van der Waals surface area contributed by atoms with Gasteiger partial charge in [-0.2, -0.15) is 18.3 Å². The molecular weight excluding hydrogens is 397 g/mol. The average molecular weight is 414 g/mol. The number of aromatic nitrogens is 4. The highest BCUT2D eigenvalue weighted by Crippen LogP contribution is 2.30. The van der Waals surface area contributed by atoms with Gasteiger partial charge in [-0.05, 0) is 37.3 Å². The molecule has 154 valence electrons. The van der Waals surface area contributed by atoms with Crippen LogP contribution in [-0.2, 0) is 12.7 Å². The Balaban J connectivity index is 1.57. The monoisotopic (exact) mass is 414 g/mol. The van der Waals surface area contributed by atoms with Crippen LogP contribution in [0.1, 0.15) is 11.1 Å². The van der Waals surface area contributed by atoms with Crippen LogP contribution in [-0.4, -0.2) is 25.9 Å². The minimum Gasteiger partial charge on any atom is -0.492 e. The Kier molecular flexibility index (Phi) is 5.03. The summed E-state index contributed by atoms with van der Waals surface area (Å²) in [6, 6.07) is 12.3. The summed E-state index contributed by atoms with van der Waals surface area (Å²) in [6.07, 6.45) is -1.83. The van der Waals surface area contributed by atoms with Crippen molar-refractivity contribution >= 4 is 11.0 Å². The van der Waals surface area contributed by atoms with E-state index in [2.05, 4.69) is 10.1 Å². The summed E-state index contributed by atoms with van der Waals surface area (Å²) in [5.74, 6) is 0.694. The number of alkyl halides is 3. The molecule has 2 heterocycles. The Bertz CT molecular complexity index is 1240. The van der Waals surface area contributed by atoms with E-state index in [1.54, 1.807) is 0 Å². The van der Waals surface area contributed by atoms with Crippen LogP contribution in [0, 0.1) is 6.92 Å². The number of hydrogen-bond acceptors (Lipinski definition) is 4. The number of halogens is 3. The number of nitrogens with zero attached hydrogens (tertiary/aromatic N) is 4. The first kappa shape index (κ1) is 19.7. The van der Waals surface area contributed by atoms with Crippen LogP contribution in [0.15, 0.2) is 65.8 Å². The zero-order valence-electron chi connectivity index (χ0n) is 15.9. The molecule has 0 amide bonds. The van der Waals surface area contributed by atoms with Gasteiger partial charge in [-0.15, -0.1) is 0 Å². The quantitative estimate of drug-likeness (QED) is 0.496. The molecule has 0 atom stereocenters. The van der Waals surface area contributed by atoms with Gasteiger partial charge in [0.2, 0.25) is 0 Å². The van der Waals surface area contributed by atoms with E-state index >= 15 is 0 Å². The molecule has 0 unspecified atom stereocenters. The highest BCUT2D eigenvalue weighted by molar-refractivity contribution is 5.75. The summed E-state index contributed by atoms with van der Waals surface area (Å²) < 4.78 is 47.2. The largest absolute Gasteiger partial charge is 0.492 e. The lowest BCUT2D eigenvalue weighted by Gasteiger charge is -2.10. The Labute approximate surface area is 169 Å². The van der Waals surface area contributed by atoms with Crippen molar-refractivity contribution in [3.8, 4) is 11.4 Å². The third-order valence-corrected chi connectivity index (χ3v) is 4.59. The first-order valence-corrected chi connectivity index (χ1v) is 9.13. The van der Waals surface area contributed by atoms with Crippen LogP contribution in [0.4, 0.5) is 13.2 Å². The normalized spacial score (nSPS) is 11.7. The van der Waals surface area contributed by atoms with E-state index in [0.717, 1.165) is 17.7 Å². The molecule has 0 aliphatic rings. The van der Waals surface area contributed by atoms with E-state index in [1.807, 2.05) is 31.2 Å². The van der Waals surface area contributed by atoms with Gasteiger partial charge in [-0.3, -0.25) is 9.36 Å². The molecule has 0 saturated heterocycles. The molecular formula is C21H17F3N4O2. The topological polar surface area (TPSA) is 61.9 Å². The fourth-order valence-electron chi connectivity index (χ4n) is 3.01. The molecule has 9 heteroatoms. The van der Waals surface area contributed by atoms with Crippen LogP contribution >= 0.6 is 0 Å². The summed E-state index contributed by atoms with van der Waals surface area (Å²) in [5, 5.41) is 4.28. The number of aryl methyl sites for hydroxylation is 1. The van der Waals surface area contributed by atoms with Gasteiger partial charge in [0.15, 0.2) is 5.65 Å². The molecule has 4 aromatic rings. The summed E-state index contributed by atoms with van der Waals surface area (Å²) in [7, 11) is 0. The molecule has 4 rings (SSSR count). The first-order chi connectivity index (χ1) is 14.3. The van der Waals surface area contributed by atoms with Crippen molar-refractivity contribution in [3.05, 3.63) is 82.5 Å². The third-order valence-electron chi connectivity index (χ3n) is 4.59. The second-order valence-corrected chi connectivity index (χ2v) is 6.75. The lowest BCUT2D eigenvalue weighted by atomic mass is 10.2. The summed E-state index contributed by atoms with van der Waals surface area (Å²) in [6.45, 7) is 2.51. The maximum Gasteiger partial charge on any atom is 0.416 e. The lowest BCUT2D eigenvalue weighted by molar-refractivity contribution is -0.137. The van der Waals surface area contributed by atoms with Crippen LogP contribution in [0.5, 0.6) is 5.75 Å². The molecule has 6 nitrogen and oxygen atoms in total. The number of benzene rings is 2. The van der Waals surface area contributed by atoms with Crippen LogP contribution in [0.2, 0.25) is 0 Å².